The summed E-state index contributed by atoms with van der Waals surface area (Å²) in [6.45, 7) is 4.32. The maximum Gasteiger partial charge on any atom is 0.0784 e. The third-order valence-electron chi connectivity index (χ3n) is 3.55. The van der Waals surface area contributed by atoms with Gasteiger partial charge in [-0.15, -0.1) is 0 Å². The Morgan fingerprint density at radius 3 is 3.00 bits per heavy atom. The molecule has 16 heavy (non-hydrogen) atoms. The van der Waals surface area contributed by atoms with E-state index in [4.69, 9.17) is 5.73 Å². The van der Waals surface area contributed by atoms with Gasteiger partial charge in [-0.3, -0.25) is 0 Å². The van der Waals surface area contributed by atoms with Crippen LogP contribution >= 0.6 is 0 Å². The summed E-state index contributed by atoms with van der Waals surface area (Å²) in [4.78, 5) is 0. The maximum absolute atomic E-state index is 10.1. The molecule has 3 nitrogen and oxygen atoms in total. The molecule has 3 heteroatoms. The summed E-state index contributed by atoms with van der Waals surface area (Å²) >= 11 is 0. The number of hydrogen-bond acceptors (Lipinski definition) is 3. The van der Waals surface area contributed by atoms with E-state index in [0.717, 1.165) is 23.4 Å². The predicted octanol–water partition coefficient (Wildman–Crippen LogP) is 2.01. The third kappa shape index (κ3) is 2.00. The summed E-state index contributed by atoms with van der Waals surface area (Å²) in [5, 5.41) is 13.5. The first-order valence-corrected chi connectivity index (χ1v) is 5.94. The summed E-state index contributed by atoms with van der Waals surface area (Å²) < 4.78 is 0. The van der Waals surface area contributed by atoms with Crippen LogP contribution in [-0.4, -0.2) is 17.3 Å². The Kier molecular flexibility index (Phi) is 3.06. The second kappa shape index (κ2) is 4.34. The lowest BCUT2D eigenvalue weighted by Gasteiger charge is -2.35. The van der Waals surface area contributed by atoms with E-state index in [1.807, 2.05) is 18.2 Å². The van der Waals surface area contributed by atoms with Crippen molar-refractivity contribution < 1.29 is 5.11 Å². The summed E-state index contributed by atoms with van der Waals surface area (Å²) in [5.74, 6) is 0.473. The SMILES string of the molecule is CCC(C)C1Nc2ccc(N)cc2CC1O. The van der Waals surface area contributed by atoms with Crippen LogP contribution in [-0.2, 0) is 6.42 Å². The van der Waals surface area contributed by atoms with Gasteiger partial charge in [0.2, 0.25) is 0 Å². The molecule has 1 aliphatic rings. The molecule has 0 aromatic heterocycles. The van der Waals surface area contributed by atoms with E-state index in [1.165, 1.54) is 0 Å². The predicted molar refractivity (Wildman–Crippen MR) is 67.4 cm³/mol. The summed E-state index contributed by atoms with van der Waals surface area (Å²) in [6.07, 6.45) is 1.45. The number of anilines is 2. The Bertz CT molecular complexity index is 378. The van der Waals surface area contributed by atoms with Gasteiger partial charge in [-0.1, -0.05) is 20.3 Å². The van der Waals surface area contributed by atoms with Crippen molar-refractivity contribution in [2.45, 2.75) is 38.8 Å². The quantitative estimate of drug-likeness (QED) is 0.668. The standard InChI is InChI=1S/C13H20N2O/c1-3-8(2)13-12(16)7-9-6-10(14)4-5-11(9)15-13/h4-6,8,12-13,15-16H,3,7,14H2,1-2H3. The summed E-state index contributed by atoms with van der Waals surface area (Å²) in [5.41, 5.74) is 8.73. The lowest BCUT2D eigenvalue weighted by Crippen LogP contribution is -2.43. The Morgan fingerprint density at radius 1 is 1.56 bits per heavy atom. The third-order valence-corrected chi connectivity index (χ3v) is 3.55. The molecule has 0 fully saturated rings. The highest BCUT2D eigenvalue weighted by Crippen LogP contribution is 2.30. The van der Waals surface area contributed by atoms with Gasteiger partial charge < -0.3 is 16.2 Å². The molecule has 0 radical (unpaired) electrons. The van der Waals surface area contributed by atoms with Crippen molar-refractivity contribution in [3.05, 3.63) is 23.8 Å². The average Bonchev–Trinajstić information content (AvgIpc) is 2.27. The van der Waals surface area contributed by atoms with Crippen LogP contribution in [0.2, 0.25) is 0 Å². The van der Waals surface area contributed by atoms with Crippen molar-refractivity contribution >= 4 is 11.4 Å². The molecule has 88 valence electrons. The van der Waals surface area contributed by atoms with Crippen LogP contribution in [0, 0.1) is 5.92 Å². The number of nitrogens with one attached hydrogen (secondary N) is 1. The molecule has 1 aromatic rings. The summed E-state index contributed by atoms with van der Waals surface area (Å²) in [6, 6.07) is 6.00. The zero-order valence-electron chi connectivity index (χ0n) is 9.90. The maximum atomic E-state index is 10.1. The number of nitrogen functional groups attached to an aromatic ring is 1. The fourth-order valence-electron chi connectivity index (χ4n) is 2.33. The number of hydrogen-bond donors (Lipinski definition) is 3. The number of fused-ring (bicyclic) bond motifs is 1. The van der Waals surface area contributed by atoms with E-state index >= 15 is 0 Å². The normalized spacial score (nSPS) is 25.7. The molecule has 0 amide bonds. The van der Waals surface area contributed by atoms with Gasteiger partial charge in [0.1, 0.15) is 0 Å². The fraction of sp³-hybridized carbons (Fsp3) is 0.538. The van der Waals surface area contributed by atoms with Gasteiger partial charge in [0.05, 0.1) is 12.1 Å². The van der Waals surface area contributed by atoms with E-state index in [0.29, 0.717) is 12.3 Å². The molecule has 0 spiro atoms. The number of nitrogens with two attached hydrogens (primary N) is 1. The minimum absolute atomic E-state index is 0.154. The number of aliphatic hydroxyl groups is 1. The summed E-state index contributed by atoms with van der Waals surface area (Å²) in [7, 11) is 0. The lowest BCUT2D eigenvalue weighted by molar-refractivity contribution is 0.124. The molecule has 1 heterocycles. The van der Waals surface area contributed by atoms with Crippen LogP contribution in [0.25, 0.3) is 0 Å². The van der Waals surface area contributed by atoms with Gasteiger partial charge in [-0.05, 0) is 29.7 Å². The minimum atomic E-state index is -0.316. The molecule has 3 unspecified atom stereocenters. The molecule has 3 atom stereocenters. The molecular formula is C13H20N2O. The van der Waals surface area contributed by atoms with E-state index in [2.05, 4.69) is 19.2 Å². The first-order valence-electron chi connectivity index (χ1n) is 5.94. The van der Waals surface area contributed by atoms with Gasteiger partial charge in [0.15, 0.2) is 0 Å². The van der Waals surface area contributed by atoms with Crippen LogP contribution in [0.15, 0.2) is 18.2 Å². The van der Waals surface area contributed by atoms with Gasteiger partial charge in [0, 0.05) is 17.8 Å². The highest BCUT2D eigenvalue weighted by atomic mass is 16.3. The van der Waals surface area contributed by atoms with Gasteiger partial charge >= 0.3 is 0 Å². The number of benzene rings is 1. The van der Waals surface area contributed by atoms with Gasteiger partial charge in [0.25, 0.3) is 0 Å². The number of rotatable bonds is 2. The second-order valence-corrected chi connectivity index (χ2v) is 4.74. The molecule has 4 N–H and O–H groups in total. The fourth-order valence-corrected chi connectivity index (χ4v) is 2.33. The highest BCUT2D eigenvalue weighted by Gasteiger charge is 2.29. The zero-order chi connectivity index (χ0) is 11.7. The van der Waals surface area contributed by atoms with Crippen molar-refractivity contribution in [1.82, 2.24) is 0 Å². The highest BCUT2D eigenvalue weighted by molar-refractivity contribution is 5.60. The van der Waals surface area contributed by atoms with E-state index in [1.54, 1.807) is 0 Å². The Hall–Kier alpha value is -1.22. The Morgan fingerprint density at radius 2 is 2.31 bits per heavy atom. The molecule has 0 saturated carbocycles. The van der Waals surface area contributed by atoms with Crippen molar-refractivity contribution in [2.24, 2.45) is 5.92 Å². The van der Waals surface area contributed by atoms with E-state index in [9.17, 15) is 5.11 Å². The molecule has 0 bridgehead atoms. The van der Waals surface area contributed by atoms with Crippen LogP contribution in [0.4, 0.5) is 11.4 Å². The first kappa shape index (κ1) is 11.3. The van der Waals surface area contributed by atoms with Crippen LogP contribution in [0.3, 0.4) is 0 Å². The lowest BCUT2D eigenvalue weighted by atomic mass is 9.87. The second-order valence-electron chi connectivity index (χ2n) is 4.74. The smallest absolute Gasteiger partial charge is 0.0784 e. The number of aliphatic hydroxyl groups excluding tert-OH is 1. The molecule has 1 aliphatic heterocycles. The largest absolute Gasteiger partial charge is 0.399 e. The Balaban J connectivity index is 2.25. The molecule has 0 aliphatic carbocycles. The first-order chi connectivity index (χ1) is 7.61. The van der Waals surface area contributed by atoms with Crippen molar-refractivity contribution in [3.8, 4) is 0 Å². The van der Waals surface area contributed by atoms with Crippen LogP contribution in [0.5, 0.6) is 0 Å². The average molecular weight is 220 g/mol. The topological polar surface area (TPSA) is 58.3 Å². The van der Waals surface area contributed by atoms with Crippen molar-refractivity contribution in [2.75, 3.05) is 11.1 Å². The van der Waals surface area contributed by atoms with Gasteiger partial charge in [-0.2, -0.15) is 0 Å². The molecule has 0 saturated heterocycles. The van der Waals surface area contributed by atoms with E-state index < -0.39 is 0 Å². The van der Waals surface area contributed by atoms with Crippen molar-refractivity contribution in [3.63, 3.8) is 0 Å². The molecular weight excluding hydrogens is 200 g/mol. The van der Waals surface area contributed by atoms with Crippen LogP contribution < -0.4 is 11.1 Å². The molecule has 1 aromatic carbocycles. The molecule has 2 rings (SSSR count). The Labute approximate surface area is 96.7 Å². The monoisotopic (exact) mass is 220 g/mol. The van der Waals surface area contributed by atoms with E-state index in [-0.39, 0.29) is 12.1 Å². The van der Waals surface area contributed by atoms with Gasteiger partial charge in [-0.25, -0.2) is 0 Å². The van der Waals surface area contributed by atoms with Crippen LogP contribution in [0.1, 0.15) is 25.8 Å². The van der Waals surface area contributed by atoms with Crippen molar-refractivity contribution in [1.29, 1.82) is 0 Å². The minimum Gasteiger partial charge on any atom is -0.399 e. The zero-order valence-corrected chi connectivity index (χ0v) is 9.90.